The van der Waals surface area contributed by atoms with Crippen LogP contribution in [-0.2, 0) is 19.8 Å². The number of nitrogens with zero attached hydrogens (tertiary/aromatic N) is 4. The number of halogens is 2. The summed E-state index contributed by atoms with van der Waals surface area (Å²) in [5.74, 6) is -0.526. The topological polar surface area (TPSA) is 73.8 Å². The molecule has 0 bridgehead atoms. The number of pyridine rings is 1. The molecule has 0 unspecified atom stereocenters. The highest BCUT2D eigenvalue weighted by atomic mass is 35.5. The minimum Gasteiger partial charge on any atom is -0.353 e. The number of imide groups is 1. The lowest BCUT2D eigenvalue weighted by atomic mass is 9.75. The molecule has 35 heavy (non-hydrogen) atoms. The molecule has 5 rings (SSSR count). The Morgan fingerprint density at radius 2 is 1.83 bits per heavy atom. The van der Waals surface area contributed by atoms with E-state index >= 15 is 0 Å². The molecule has 0 radical (unpaired) electrons. The Balaban J connectivity index is 1.36. The molecule has 1 aromatic heterocycles. The van der Waals surface area contributed by atoms with E-state index in [0.29, 0.717) is 36.8 Å². The van der Waals surface area contributed by atoms with Crippen LogP contribution in [-0.4, -0.2) is 64.7 Å². The highest BCUT2D eigenvalue weighted by Gasteiger charge is 2.56. The second-order valence-electron chi connectivity index (χ2n) is 9.66. The number of carbonyl (C=O) groups is 3. The maximum Gasteiger partial charge on any atom is 0.241 e. The van der Waals surface area contributed by atoms with Gasteiger partial charge in [-0.1, -0.05) is 36.6 Å². The number of hydrogen-bond donors (Lipinski definition) is 0. The Morgan fingerprint density at radius 1 is 1.09 bits per heavy atom. The van der Waals surface area contributed by atoms with Gasteiger partial charge in [0.15, 0.2) is 0 Å². The molecule has 7 nitrogen and oxygen atoms in total. The fraction of sp³-hybridized carbons (Fsp3) is 0.462. The molecule has 1 aliphatic carbocycles. The minimum absolute atomic E-state index is 0.105. The summed E-state index contributed by atoms with van der Waals surface area (Å²) in [4.78, 5) is 49.9. The number of amides is 3. The summed E-state index contributed by atoms with van der Waals surface area (Å²) >= 11 is 5.93. The number of anilines is 1. The highest BCUT2D eigenvalue weighted by Crippen LogP contribution is 2.43. The van der Waals surface area contributed by atoms with E-state index in [9.17, 15) is 18.8 Å². The molecule has 2 aromatic rings. The standard InChI is InChI=1S/C26H28ClFN4O3/c27-19-8-9-22(29-17-19)30-10-12-31(13-11-30)23(33)15-26(18-4-3-5-20(28)14-18)16-24(34)32(25(26)35)21-6-1-2-7-21/h3-5,8-9,14,17,21H,1-2,6-7,10-13,15-16H2/t26-/m0/s1. The van der Waals surface area contributed by atoms with Crippen LogP contribution < -0.4 is 4.90 Å². The van der Waals surface area contributed by atoms with Gasteiger partial charge < -0.3 is 9.80 Å². The van der Waals surface area contributed by atoms with Crippen molar-refractivity contribution in [1.82, 2.24) is 14.8 Å². The van der Waals surface area contributed by atoms with E-state index in [4.69, 9.17) is 11.6 Å². The lowest BCUT2D eigenvalue weighted by Crippen LogP contribution is -2.51. The van der Waals surface area contributed by atoms with Crippen LogP contribution in [0.2, 0.25) is 5.02 Å². The predicted octanol–water partition coefficient (Wildman–Crippen LogP) is 3.55. The molecule has 3 heterocycles. The van der Waals surface area contributed by atoms with E-state index in [1.807, 2.05) is 6.07 Å². The molecule has 3 fully saturated rings. The Morgan fingerprint density at radius 3 is 2.49 bits per heavy atom. The van der Waals surface area contributed by atoms with Crippen molar-refractivity contribution >= 4 is 35.1 Å². The molecule has 3 aliphatic rings. The molecule has 2 saturated heterocycles. The average molecular weight is 499 g/mol. The van der Waals surface area contributed by atoms with Crippen molar-refractivity contribution in [3.63, 3.8) is 0 Å². The molecular formula is C26H28ClFN4O3. The number of likely N-dealkylation sites (tertiary alicyclic amines) is 1. The van der Waals surface area contributed by atoms with Crippen LogP contribution in [0.3, 0.4) is 0 Å². The Bertz CT molecular complexity index is 1130. The number of aromatic nitrogens is 1. The highest BCUT2D eigenvalue weighted by molar-refractivity contribution is 6.30. The molecule has 1 saturated carbocycles. The molecule has 1 atom stereocenters. The monoisotopic (exact) mass is 498 g/mol. The first-order valence-electron chi connectivity index (χ1n) is 12.1. The molecule has 0 N–H and O–H groups in total. The van der Waals surface area contributed by atoms with Gasteiger partial charge in [0, 0.05) is 51.3 Å². The Labute approximate surface area is 208 Å². The molecule has 1 aromatic carbocycles. The Kier molecular flexibility index (Phi) is 6.49. The summed E-state index contributed by atoms with van der Waals surface area (Å²) in [5.41, 5.74) is -0.970. The molecular weight excluding hydrogens is 471 g/mol. The lowest BCUT2D eigenvalue weighted by Gasteiger charge is -2.37. The lowest BCUT2D eigenvalue weighted by molar-refractivity contribution is -0.144. The van der Waals surface area contributed by atoms with Crippen molar-refractivity contribution in [2.24, 2.45) is 0 Å². The van der Waals surface area contributed by atoms with Gasteiger partial charge in [0.25, 0.3) is 0 Å². The van der Waals surface area contributed by atoms with E-state index in [2.05, 4.69) is 9.88 Å². The second-order valence-corrected chi connectivity index (χ2v) is 10.1. The summed E-state index contributed by atoms with van der Waals surface area (Å²) in [7, 11) is 0. The van der Waals surface area contributed by atoms with Gasteiger partial charge in [0.05, 0.1) is 10.4 Å². The number of carbonyl (C=O) groups excluding carboxylic acids is 3. The summed E-state index contributed by atoms with van der Waals surface area (Å²) in [6.07, 6.45) is 4.85. The van der Waals surface area contributed by atoms with E-state index in [-0.39, 0.29) is 36.6 Å². The van der Waals surface area contributed by atoms with Crippen molar-refractivity contribution in [2.45, 2.75) is 50.0 Å². The van der Waals surface area contributed by atoms with Crippen LogP contribution in [0.25, 0.3) is 0 Å². The fourth-order valence-electron chi connectivity index (χ4n) is 5.66. The molecule has 3 amide bonds. The quantitative estimate of drug-likeness (QED) is 0.589. The number of rotatable bonds is 5. The predicted molar refractivity (Wildman–Crippen MR) is 129 cm³/mol. The minimum atomic E-state index is -1.37. The number of hydrogen-bond acceptors (Lipinski definition) is 5. The van der Waals surface area contributed by atoms with Crippen molar-refractivity contribution in [3.05, 3.63) is 59.0 Å². The molecule has 9 heteroatoms. The van der Waals surface area contributed by atoms with E-state index in [0.717, 1.165) is 31.5 Å². The van der Waals surface area contributed by atoms with E-state index in [1.165, 1.54) is 23.1 Å². The largest absolute Gasteiger partial charge is 0.353 e. The maximum atomic E-state index is 14.2. The van der Waals surface area contributed by atoms with Crippen molar-refractivity contribution in [3.8, 4) is 0 Å². The van der Waals surface area contributed by atoms with Gasteiger partial charge in [0.2, 0.25) is 17.7 Å². The van der Waals surface area contributed by atoms with Gasteiger partial charge in [-0.25, -0.2) is 9.37 Å². The van der Waals surface area contributed by atoms with Crippen LogP contribution >= 0.6 is 11.6 Å². The summed E-state index contributed by atoms with van der Waals surface area (Å²) in [6.45, 7) is 2.12. The van der Waals surface area contributed by atoms with Crippen molar-refractivity contribution in [1.29, 1.82) is 0 Å². The smallest absolute Gasteiger partial charge is 0.241 e. The zero-order valence-electron chi connectivity index (χ0n) is 19.5. The van der Waals surface area contributed by atoms with E-state index < -0.39 is 11.2 Å². The SMILES string of the molecule is O=C(C[C@@]1(c2cccc(F)c2)CC(=O)N(C2CCCC2)C1=O)N1CCN(c2ccc(Cl)cn2)CC1. The first kappa shape index (κ1) is 23.7. The van der Waals surface area contributed by atoms with Gasteiger partial charge in [-0.2, -0.15) is 0 Å². The summed E-state index contributed by atoms with van der Waals surface area (Å²) < 4.78 is 14.2. The molecule has 184 valence electrons. The van der Waals surface area contributed by atoms with Crippen LogP contribution in [0.4, 0.5) is 10.2 Å². The van der Waals surface area contributed by atoms with Gasteiger partial charge in [0.1, 0.15) is 11.6 Å². The van der Waals surface area contributed by atoms with E-state index in [1.54, 1.807) is 23.2 Å². The zero-order valence-corrected chi connectivity index (χ0v) is 20.2. The van der Waals surface area contributed by atoms with Gasteiger partial charge >= 0.3 is 0 Å². The first-order chi connectivity index (χ1) is 16.9. The normalized spacial score (nSPS) is 23.4. The average Bonchev–Trinajstić information content (AvgIpc) is 3.46. The van der Waals surface area contributed by atoms with Crippen molar-refractivity contribution in [2.75, 3.05) is 31.1 Å². The van der Waals surface area contributed by atoms with Gasteiger partial charge in [-0.15, -0.1) is 0 Å². The van der Waals surface area contributed by atoms with Gasteiger partial charge in [-0.05, 0) is 42.7 Å². The summed E-state index contributed by atoms with van der Waals surface area (Å²) in [5, 5.41) is 0.563. The summed E-state index contributed by atoms with van der Waals surface area (Å²) in [6, 6.07) is 9.28. The van der Waals surface area contributed by atoms with Crippen LogP contribution in [0.5, 0.6) is 0 Å². The van der Waals surface area contributed by atoms with Gasteiger partial charge in [-0.3, -0.25) is 19.3 Å². The first-order valence-corrected chi connectivity index (χ1v) is 12.5. The zero-order chi connectivity index (χ0) is 24.6. The van der Waals surface area contributed by atoms with Crippen molar-refractivity contribution < 1.29 is 18.8 Å². The third-order valence-electron chi connectivity index (χ3n) is 7.54. The molecule has 2 aliphatic heterocycles. The fourth-order valence-corrected chi connectivity index (χ4v) is 5.77. The number of piperazine rings is 1. The Hall–Kier alpha value is -3.00. The second kappa shape index (κ2) is 9.57. The maximum absolute atomic E-state index is 14.2. The van der Waals surface area contributed by atoms with Crippen LogP contribution in [0, 0.1) is 5.82 Å². The molecule has 0 spiro atoms. The van der Waals surface area contributed by atoms with Crippen LogP contribution in [0.1, 0.15) is 44.1 Å². The van der Waals surface area contributed by atoms with Crippen LogP contribution in [0.15, 0.2) is 42.6 Å². The third kappa shape index (κ3) is 4.51. The number of benzene rings is 1. The third-order valence-corrected chi connectivity index (χ3v) is 7.76.